The highest BCUT2D eigenvalue weighted by atomic mass is 32.1. The second-order valence-corrected chi connectivity index (χ2v) is 5.58. The summed E-state index contributed by atoms with van der Waals surface area (Å²) < 4.78 is 14.2. The van der Waals surface area contributed by atoms with Gasteiger partial charge in [-0.15, -0.1) is 11.3 Å². The lowest BCUT2D eigenvalue weighted by atomic mass is 10.1. The molecule has 104 valence electrons. The summed E-state index contributed by atoms with van der Waals surface area (Å²) >= 11 is 1.60. The average Bonchev–Trinajstić information content (AvgIpc) is 3.04. The fourth-order valence-corrected chi connectivity index (χ4v) is 2.77. The van der Waals surface area contributed by atoms with Crippen molar-refractivity contribution in [2.75, 3.05) is 0 Å². The van der Waals surface area contributed by atoms with Crippen LogP contribution in [0.25, 0.3) is 22.1 Å². The van der Waals surface area contributed by atoms with Crippen molar-refractivity contribution < 1.29 is 4.39 Å². The molecule has 0 amide bonds. The fraction of sp³-hybridized carbons (Fsp3) is 0.0588. The van der Waals surface area contributed by atoms with Crippen LogP contribution in [-0.4, -0.2) is 9.97 Å². The van der Waals surface area contributed by atoms with Gasteiger partial charge in [0.25, 0.3) is 0 Å². The van der Waals surface area contributed by atoms with Gasteiger partial charge < -0.3 is 0 Å². The highest BCUT2D eigenvalue weighted by Gasteiger charge is 2.05. The zero-order chi connectivity index (χ0) is 14.7. The molecule has 0 saturated heterocycles. The molecule has 0 saturated carbocycles. The third-order valence-corrected chi connectivity index (χ3v) is 4.06. The van der Waals surface area contributed by atoms with Crippen LogP contribution in [0.4, 0.5) is 4.39 Å². The maximum atomic E-state index is 14.2. The van der Waals surface area contributed by atoms with Crippen molar-refractivity contribution in [1.82, 2.24) is 9.97 Å². The molecule has 1 aromatic carbocycles. The monoisotopic (exact) mass is 296 g/mol. The summed E-state index contributed by atoms with van der Waals surface area (Å²) in [5, 5.41) is 1.99. The molecule has 3 rings (SSSR count). The van der Waals surface area contributed by atoms with E-state index in [1.165, 1.54) is 0 Å². The molecule has 3 aromatic rings. The van der Waals surface area contributed by atoms with E-state index in [0.29, 0.717) is 5.56 Å². The molecule has 0 radical (unpaired) electrons. The van der Waals surface area contributed by atoms with Gasteiger partial charge in [0.1, 0.15) is 5.82 Å². The van der Waals surface area contributed by atoms with Crippen molar-refractivity contribution in [3.63, 3.8) is 0 Å². The molecule has 2 heterocycles. The Hall–Kier alpha value is -2.33. The standard InChI is InChI=1S/C17H13FN2S/c1-12(16-11-19-6-7-20-16)9-13-4-5-14(10-15(13)18)17-3-2-8-21-17/h2-11H,1H3/b12-9-. The van der Waals surface area contributed by atoms with Gasteiger partial charge in [0.15, 0.2) is 0 Å². The first-order valence-electron chi connectivity index (χ1n) is 6.52. The molecular weight excluding hydrogens is 283 g/mol. The highest BCUT2D eigenvalue weighted by molar-refractivity contribution is 7.13. The van der Waals surface area contributed by atoms with Crippen molar-refractivity contribution >= 4 is 23.0 Å². The van der Waals surface area contributed by atoms with Gasteiger partial charge >= 0.3 is 0 Å². The van der Waals surface area contributed by atoms with Crippen molar-refractivity contribution in [1.29, 1.82) is 0 Å². The van der Waals surface area contributed by atoms with Crippen LogP contribution < -0.4 is 0 Å². The molecular formula is C17H13FN2S. The Morgan fingerprint density at radius 3 is 2.81 bits per heavy atom. The predicted octanol–water partition coefficient (Wildman–Crippen LogP) is 4.90. The lowest BCUT2D eigenvalue weighted by molar-refractivity contribution is 0.625. The van der Waals surface area contributed by atoms with Crippen molar-refractivity contribution in [3.05, 3.63) is 71.4 Å². The molecule has 0 atom stereocenters. The molecule has 0 bridgehead atoms. The third-order valence-electron chi connectivity index (χ3n) is 3.15. The molecule has 2 aromatic heterocycles. The van der Waals surface area contributed by atoms with Crippen molar-refractivity contribution in [2.45, 2.75) is 6.92 Å². The minimum atomic E-state index is -0.232. The smallest absolute Gasteiger partial charge is 0.131 e. The summed E-state index contributed by atoms with van der Waals surface area (Å²) in [4.78, 5) is 9.30. The van der Waals surface area contributed by atoms with E-state index in [1.54, 1.807) is 48.1 Å². The number of allylic oxidation sites excluding steroid dienone is 1. The number of aromatic nitrogens is 2. The van der Waals surface area contributed by atoms with Crippen LogP contribution in [0.15, 0.2) is 54.3 Å². The van der Waals surface area contributed by atoms with E-state index in [1.807, 2.05) is 30.5 Å². The average molecular weight is 296 g/mol. The van der Waals surface area contributed by atoms with Crippen LogP contribution in [-0.2, 0) is 0 Å². The van der Waals surface area contributed by atoms with E-state index in [2.05, 4.69) is 9.97 Å². The summed E-state index contributed by atoms with van der Waals surface area (Å²) in [5.41, 5.74) is 3.08. The molecule has 4 heteroatoms. The maximum absolute atomic E-state index is 14.2. The van der Waals surface area contributed by atoms with Gasteiger partial charge in [0.05, 0.1) is 11.9 Å². The van der Waals surface area contributed by atoms with Gasteiger partial charge in [-0.3, -0.25) is 9.97 Å². The van der Waals surface area contributed by atoms with Crippen molar-refractivity contribution in [2.24, 2.45) is 0 Å². The lowest BCUT2D eigenvalue weighted by Crippen LogP contribution is -1.88. The first-order valence-corrected chi connectivity index (χ1v) is 7.40. The molecule has 21 heavy (non-hydrogen) atoms. The number of thiophene rings is 1. The molecule has 2 nitrogen and oxygen atoms in total. The van der Waals surface area contributed by atoms with E-state index >= 15 is 0 Å². The van der Waals surface area contributed by atoms with Gasteiger partial charge in [0.2, 0.25) is 0 Å². The summed E-state index contributed by atoms with van der Waals surface area (Å²) in [6, 6.07) is 9.25. The molecule has 0 aliphatic rings. The summed E-state index contributed by atoms with van der Waals surface area (Å²) in [6.07, 6.45) is 6.71. The number of rotatable bonds is 3. The van der Waals surface area contributed by atoms with Gasteiger partial charge in [-0.2, -0.15) is 0 Å². The minimum Gasteiger partial charge on any atom is -0.261 e. The number of benzene rings is 1. The Labute approximate surface area is 126 Å². The van der Waals surface area contributed by atoms with E-state index in [0.717, 1.165) is 21.7 Å². The van der Waals surface area contributed by atoms with Crippen LogP contribution in [0.3, 0.4) is 0 Å². The molecule has 0 unspecified atom stereocenters. The Kier molecular flexibility index (Phi) is 3.88. The zero-order valence-electron chi connectivity index (χ0n) is 11.5. The van der Waals surface area contributed by atoms with E-state index in [-0.39, 0.29) is 5.82 Å². The molecule has 0 aliphatic carbocycles. The van der Waals surface area contributed by atoms with Crippen LogP contribution >= 0.6 is 11.3 Å². The molecule has 0 N–H and O–H groups in total. The Bertz CT molecular complexity index is 765. The first-order chi connectivity index (χ1) is 10.2. The van der Waals surface area contributed by atoms with Crippen LogP contribution in [0.5, 0.6) is 0 Å². The third kappa shape index (κ3) is 3.06. The SMILES string of the molecule is C/C(=C/c1ccc(-c2cccs2)cc1F)c1cnccn1. The molecule has 0 spiro atoms. The Morgan fingerprint density at radius 2 is 2.14 bits per heavy atom. The topological polar surface area (TPSA) is 25.8 Å². The van der Waals surface area contributed by atoms with E-state index in [9.17, 15) is 4.39 Å². The predicted molar refractivity (Wildman–Crippen MR) is 85.3 cm³/mol. The Balaban J connectivity index is 1.93. The molecule has 0 aliphatic heterocycles. The van der Waals surface area contributed by atoms with Gasteiger partial charge in [0, 0.05) is 22.8 Å². The largest absolute Gasteiger partial charge is 0.261 e. The van der Waals surface area contributed by atoms with Crippen molar-refractivity contribution in [3.8, 4) is 10.4 Å². The van der Waals surface area contributed by atoms with E-state index < -0.39 is 0 Å². The maximum Gasteiger partial charge on any atom is 0.131 e. The zero-order valence-corrected chi connectivity index (χ0v) is 12.3. The van der Waals surface area contributed by atoms with Crippen LogP contribution in [0.2, 0.25) is 0 Å². The number of nitrogens with zero attached hydrogens (tertiary/aromatic N) is 2. The van der Waals surface area contributed by atoms with Crippen LogP contribution in [0, 0.1) is 5.82 Å². The van der Waals surface area contributed by atoms with Gasteiger partial charge in [-0.05, 0) is 41.6 Å². The minimum absolute atomic E-state index is 0.232. The first kappa shape index (κ1) is 13.6. The summed E-state index contributed by atoms with van der Waals surface area (Å²) in [7, 11) is 0. The summed E-state index contributed by atoms with van der Waals surface area (Å²) in [6.45, 7) is 1.90. The normalized spacial score (nSPS) is 11.6. The number of hydrogen-bond donors (Lipinski definition) is 0. The Morgan fingerprint density at radius 1 is 1.24 bits per heavy atom. The van der Waals surface area contributed by atoms with Gasteiger partial charge in [-0.1, -0.05) is 18.2 Å². The second-order valence-electron chi connectivity index (χ2n) is 4.63. The quantitative estimate of drug-likeness (QED) is 0.686. The van der Waals surface area contributed by atoms with Gasteiger partial charge in [-0.25, -0.2) is 4.39 Å². The second kappa shape index (κ2) is 5.97. The number of halogens is 1. The van der Waals surface area contributed by atoms with E-state index in [4.69, 9.17) is 0 Å². The van der Waals surface area contributed by atoms with Crippen LogP contribution in [0.1, 0.15) is 18.2 Å². The summed E-state index contributed by atoms with van der Waals surface area (Å²) in [5.74, 6) is -0.232. The lowest BCUT2D eigenvalue weighted by Gasteiger charge is -2.04. The number of hydrogen-bond acceptors (Lipinski definition) is 3. The molecule has 0 fully saturated rings. The fourth-order valence-electron chi connectivity index (χ4n) is 2.05. The highest BCUT2D eigenvalue weighted by Crippen LogP contribution is 2.27.